The van der Waals surface area contributed by atoms with Crippen LogP contribution < -0.4 is 14.5 Å². The van der Waals surface area contributed by atoms with Gasteiger partial charge in [0, 0.05) is 57.3 Å². The largest absolute Gasteiger partial charge is 0.371 e. The van der Waals surface area contributed by atoms with Gasteiger partial charge in [0.25, 0.3) is 5.91 Å². The zero-order chi connectivity index (χ0) is 27.0. The second-order valence-corrected chi connectivity index (χ2v) is 13.5. The summed E-state index contributed by atoms with van der Waals surface area (Å²) in [6.45, 7) is 6.40. The van der Waals surface area contributed by atoms with Gasteiger partial charge in [0.15, 0.2) is 9.84 Å². The first kappa shape index (κ1) is 27.3. The van der Waals surface area contributed by atoms with Crippen molar-refractivity contribution < 1.29 is 26.0 Å². The van der Waals surface area contributed by atoms with Gasteiger partial charge in [0.2, 0.25) is 10.0 Å². The number of sulfone groups is 1. The van der Waals surface area contributed by atoms with Gasteiger partial charge in [-0.25, -0.2) is 25.9 Å². The molecule has 0 radical (unpaired) electrons. The highest BCUT2D eigenvalue weighted by Crippen LogP contribution is 2.30. The molecule has 0 aliphatic carbocycles. The highest BCUT2D eigenvalue weighted by molar-refractivity contribution is 7.90. The van der Waals surface area contributed by atoms with E-state index in [2.05, 4.69) is 9.62 Å². The summed E-state index contributed by atoms with van der Waals surface area (Å²) in [7, 11) is -7.30. The van der Waals surface area contributed by atoms with Gasteiger partial charge >= 0.3 is 0 Å². The Labute approximate surface area is 218 Å². The zero-order valence-electron chi connectivity index (χ0n) is 21.3. The molecule has 2 fully saturated rings. The lowest BCUT2D eigenvalue weighted by Gasteiger charge is -2.37. The minimum absolute atomic E-state index is 0.0409. The predicted octanol–water partition coefficient (Wildman–Crippen LogP) is 2.48. The number of amides is 1. The van der Waals surface area contributed by atoms with E-state index in [0.717, 1.165) is 43.9 Å². The maximum Gasteiger partial charge on any atom is 0.256 e. The molecule has 202 valence electrons. The minimum Gasteiger partial charge on any atom is -0.371 e. The SMILES string of the molecule is CC(C)NS(=O)(=O)c1ccc(N2CCCC2)c(C(=O)N2CCN(c3ccc(S(C)(=O)=O)cc3F)CC2)c1. The average molecular weight is 553 g/mol. The summed E-state index contributed by atoms with van der Waals surface area (Å²) in [4.78, 5) is 19.2. The van der Waals surface area contributed by atoms with Crippen molar-refractivity contribution in [2.24, 2.45) is 0 Å². The van der Waals surface area contributed by atoms with E-state index in [9.17, 15) is 26.0 Å². The van der Waals surface area contributed by atoms with E-state index < -0.39 is 25.7 Å². The number of nitrogens with one attached hydrogen (secondary N) is 1. The number of piperazine rings is 1. The Morgan fingerprint density at radius 2 is 1.41 bits per heavy atom. The summed E-state index contributed by atoms with van der Waals surface area (Å²) < 4.78 is 66.3. The Bertz CT molecular complexity index is 1380. The van der Waals surface area contributed by atoms with Gasteiger partial charge < -0.3 is 14.7 Å². The maximum absolute atomic E-state index is 14.7. The van der Waals surface area contributed by atoms with Crippen LogP contribution in [0.25, 0.3) is 0 Å². The van der Waals surface area contributed by atoms with Crippen molar-refractivity contribution in [3.8, 4) is 0 Å². The lowest BCUT2D eigenvalue weighted by Crippen LogP contribution is -2.49. The normalized spacial score (nSPS) is 17.1. The van der Waals surface area contributed by atoms with E-state index in [4.69, 9.17) is 0 Å². The molecule has 2 saturated heterocycles. The molecular weight excluding hydrogens is 519 g/mol. The van der Waals surface area contributed by atoms with Crippen LogP contribution in [0.5, 0.6) is 0 Å². The van der Waals surface area contributed by atoms with Crippen molar-refractivity contribution in [2.45, 2.75) is 42.5 Å². The van der Waals surface area contributed by atoms with Gasteiger partial charge in [-0.2, -0.15) is 0 Å². The first-order chi connectivity index (χ1) is 17.4. The van der Waals surface area contributed by atoms with E-state index in [0.29, 0.717) is 31.7 Å². The Balaban J connectivity index is 1.56. The first-order valence-corrected chi connectivity index (χ1v) is 15.7. The van der Waals surface area contributed by atoms with E-state index in [-0.39, 0.29) is 27.4 Å². The highest BCUT2D eigenvalue weighted by atomic mass is 32.2. The van der Waals surface area contributed by atoms with Crippen LogP contribution in [0.15, 0.2) is 46.2 Å². The van der Waals surface area contributed by atoms with Crippen LogP contribution in [0.1, 0.15) is 37.0 Å². The van der Waals surface area contributed by atoms with Crippen molar-refractivity contribution >= 4 is 37.1 Å². The van der Waals surface area contributed by atoms with Gasteiger partial charge in [-0.1, -0.05) is 0 Å². The zero-order valence-corrected chi connectivity index (χ0v) is 22.9. The molecule has 37 heavy (non-hydrogen) atoms. The number of anilines is 2. The number of rotatable bonds is 7. The van der Waals surface area contributed by atoms with Crippen LogP contribution in [-0.4, -0.2) is 79.2 Å². The number of carbonyl (C=O) groups excluding carboxylic acids is 1. The minimum atomic E-state index is -3.78. The smallest absolute Gasteiger partial charge is 0.256 e. The van der Waals surface area contributed by atoms with E-state index >= 15 is 0 Å². The standard InChI is InChI=1S/C25H33FN4O5S2/c1-18(2)27-37(34,35)20-7-8-23(28-10-4-5-11-28)21(16-20)25(31)30-14-12-29(13-15-30)24-9-6-19(17-22(24)26)36(3,32)33/h6-9,16-18,27H,4-5,10-15H2,1-3H3. The third kappa shape index (κ3) is 6.07. The summed E-state index contributed by atoms with van der Waals surface area (Å²) in [5, 5.41) is 0. The predicted molar refractivity (Wildman–Crippen MR) is 141 cm³/mol. The van der Waals surface area contributed by atoms with Crippen LogP contribution >= 0.6 is 0 Å². The van der Waals surface area contributed by atoms with E-state index in [1.165, 1.54) is 24.3 Å². The van der Waals surface area contributed by atoms with Crippen molar-refractivity contribution in [1.29, 1.82) is 0 Å². The monoisotopic (exact) mass is 552 g/mol. The van der Waals surface area contributed by atoms with Crippen LogP contribution in [0.2, 0.25) is 0 Å². The molecule has 1 amide bonds. The fraction of sp³-hybridized carbons (Fsp3) is 0.480. The molecule has 2 aliphatic heterocycles. The quantitative estimate of drug-likeness (QED) is 0.562. The molecule has 12 heteroatoms. The Morgan fingerprint density at radius 3 is 1.97 bits per heavy atom. The van der Waals surface area contributed by atoms with Gasteiger partial charge in [0.05, 0.1) is 21.0 Å². The first-order valence-electron chi connectivity index (χ1n) is 12.3. The Kier molecular flexibility index (Phi) is 7.82. The van der Waals surface area contributed by atoms with Crippen LogP contribution in [0.4, 0.5) is 15.8 Å². The van der Waals surface area contributed by atoms with Crippen molar-refractivity contribution in [2.75, 3.05) is 55.3 Å². The van der Waals surface area contributed by atoms with Crippen LogP contribution in [-0.2, 0) is 19.9 Å². The Hall–Kier alpha value is -2.70. The molecule has 2 aromatic carbocycles. The summed E-state index contributed by atoms with van der Waals surface area (Å²) in [6.07, 6.45) is 3.04. The number of hydrogen-bond acceptors (Lipinski definition) is 7. The molecule has 9 nitrogen and oxygen atoms in total. The van der Waals surface area contributed by atoms with Crippen molar-refractivity contribution in [3.05, 3.63) is 47.8 Å². The number of benzene rings is 2. The Morgan fingerprint density at radius 1 is 0.838 bits per heavy atom. The molecule has 0 unspecified atom stereocenters. The van der Waals surface area contributed by atoms with Crippen molar-refractivity contribution in [1.82, 2.24) is 9.62 Å². The second-order valence-electron chi connectivity index (χ2n) is 9.81. The fourth-order valence-electron chi connectivity index (χ4n) is 4.76. The summed E-state index contributed by atoms with van der Waals surface area (Å²) in [5.74, 6) is -0.898. The van der Waals surface area contributed by atoms with Gasteiger partial charge in [-0.15, -0.1) is 0 Å². The fourth-order valence-corrected chi connectivity index (χ4v) is 6.67. The average Bonchev–Trinajstić information content (AvgIpc) is 3.37. The molecular formula is C25H33FN4O5S2. The maximum atomic E-state index is 14.7. The second kappa shape index (κ2) is 10.6. The lowest BCUT2D eigenvalue weighted by molar-refractivity contribution is 0.0747. The topological polar surface area (TPSA) is 107 Å². The van der Waals surface area contributed by atoms with E-state index in [1.807, 2.05) is 0 Å². The number of nitrogens with zero attached hydrogens (tertiary/aromatic N) is 3. The van der Waals surface area contributed by atoms with Gasteiger partial charge in [0.1, 0.15) is 5.82 Å². The van der Waals surface area contributed by atoms with Gasteiger partial charge in [-0.05, 0) is 63.1 Å². The van der Waals surface area contributed by atoms with Crippen molar-refractivity contribution in [3.63, 3.8) is 0 Å². The number of carbonyl (C=O) groups is 1. The molecule has 0 spiro atoms. The molecule has 0 atom stereocenters. The van der Waals surface area contributed by atoms with Crippen LogP contribution in [0.3, 0.4) is 0 Å². The molecule has 2 aliphatic rings. The summed E-state index contributed by atoms with van der Waals surface area (Å²) in [5.41, 5.74) is 1.34. The molecule has 0 aromatic heterocycles. The molecule has 1 N–H and O–H groups in total. The van der Waals surface area contributed by atoms with Gasteiger partial charge in [-0.3, -0.25) is 4.79 Å². The highest BCUT2D eigenvalue weighted by Gasteiger charge is 2.29. The molecule has 2 heterocycles. The molecule has 4 rings (SSSR count). The van der Waals surface area contributed by atoms with E-state index in [1.54, 1.807) is 29.7 Å². The lowest BCUT2D eigenvalue weighted by atomic mass is 10.1. The number of sulfonamides is 1. The summed E-state index contributed by atoms with van der Waals surface area (Å²) >= 11 is 0. The number of halogens is 1. The third-order valence-electron chi connectivity index (χ3n) is 6.60. The molecule has 0 bridgehead atoms. The molecule has 2 aromatic rings. The third-order valence-corrected chi connectivity index (χ3v) is 9.37. The van der Waals surface area contributed by atoms with Crippen LogP contribution in [0, 0.1) is 5.82 Å². The molecule has 0 saturated carbocycles. The summed E-state index contributed by atoms with van der Waals surface area (Å²) in [6, 6.07) is 8.26. The number of hydrogen-bond donors (Lipinski definition) is 1.